The molecule has 0 saturated heterocycles. The van der Waals surface area contributed by atoms with Crippen LogP contribution in [0.2, 0.25) is 0 Å². The maximum Gasteiger partial charge on any atom is 0.129 e. The van der Waals surface area contributed by atoms with E-state index in [4.69, 9.17) is 0 Å². The summed E-state index contributed by atoms with van der Waals surface area (Å²) < 4.78 is 0.786. The molecule has 0 unspecified atom stereocenters. The molecule has 2 rings (SSSR count). The molecule has 0 atom stereocenters. The number of halogens is 1. The van der Waals surface area contributed by atoms with Crippen molar-refractivity contribution in [3.8, 4) is 5.75 Å². The highest BCUT2D eigenvalue weighted by molar-refractivity contribution is 9.10. The molecule has 0 aliphatic heterocycles. The van der Waals surface area contributed by atoms with Gasteiger partial charge in [-0.2, -0.15) is 0 Å². The summed E-state index contributed by atoms with van der Waals surface area (Å²) in [6.45, 7) is 0.962. The van der Waals surface area contributed by atoms with Crippen molar-refractivity contribution >= 4 is 15.9 Å². The van der Waals surface area contributed by atoms with Crippen LogP contribution in [0, 0.1) is 0 Å². The Labute approximate surface area is 118 Å². The molecule has 1 aliphatic carbocycles. The van der Waals surface area contributed by atoms with Crippen LogP contribution in [0.3, 0.4) is 0 Å². The van der Waals surface area contributed by atoms with Gasteiger partial charge in [-0.15, -0.1) is 0 Å². The first kappa shape index (κ1) is 13.9. The molecular weight excluding hydrogens is 290 g/mol. The Morgan fingerprint density at radius 1 is 1.22 bits per heavy atom. The highest BCUT2D eigenvalue weighted by Gasteiger charge is 2.17. The van der Waals surface area contributed by atoms with Gasteiger partial charge in [-0.3, -0.25) is 4.90 Å². The molecule has 1 aromatic carbocycles. The van der Waals surface area contributed by atoms with Gasteiger partial charge in [-0.05, 0) is 53.5 Å². The molecule has 100 valence electrons. The molecule has 18 heavy (non-hydrogen) atoms. The number of aromatic hydroxyl groups is 1. The third-order valence-electron chi connectivity index (χ3n) is 3.89. The third-order valence-corrected chi connectivity index (χ3v) is 4.53. The molecule has 0 amide bonds. The number of rotatable bonds is 3. The zero-order valence-corrected chi connectivity index (χ0v) is 12.6. The van der Waals surface area contributed by atoms with Crippen molar-refractivity contribution in [2.75, 3.05) is 7.05 Å². The van der Waals surface area contributed by atoms with Crippen LogP contribution in [0.15, 0.2) is 22.7 Å². The first-order valence-corrected chi connectivity index (χ1v) is 7.64. The molecule has 3 heteroatoms. The average Bonchev–Trinajstić information content (AvgIpc) is 2.62. The van der Waals surface area contributed by atoms with Crippen LogP contribution in [-0.2, 0) is 6.54 Å². The normalized spacial score (nSPS) is 17.9. The van der Waals surface area contributed by atoms with Crippen molar-refractivity contribution < 1.29 is 5.11 Å². The molecule has 1 fully saturated rings. The van der Waals surface area contributed by atoms with Crippen molar-refractivity contribution in [1.29, 1.82) is 0 Å². The first-order valence-electron chi connectivity index (χ1n) is 6.84. The highest BCUT2D eigenvalue weighted by Crippen LogP contribution is 2.26. The second-order valence-electron chi connectivity index (χ2n) is 5.35. The molecule has 1 N–H and O–H groups in total. The number of benzene rings is 1. The maximum absolute atomic E-state index is 9.50. The standard InChI is InChI=1S/C15H22BrNO/c1-17(13-6-4-2-3-5-7-13)11-12-8-9-15(18)14(16)10-12/h8-10,13,18H,2-7,11H2,1H3. The van der Waals surface area contributed by atoms with Crippen molar-refractivity contribution in [3.05, 3.63) is 28.2 Å². The molecule has 1 aromatic rings. The highest BCUT2D eigenvalue weighted by atomic mass is 79.9. The largest absolute Gasteiger partial charge is 0.507 e. The van der Waals surface area contributed by atoms with Gasteiger partial charge in [0.1, 0.15) is 5.75 Å². The monoisotopic (exact) mass is 311 g/mol. The van der Waals surface area contributed by atoms with Gasteiger partial charge in [0.15, 0.2) is 0 Å². The number of hydrogen-bond donors (Lipinski definition) is 1. The predicted octanol–water partition coefficient (Wildman–Crippen LogP) is 4.31. The summed E-state index contributed by atoms with van der Waals surface area (Å²) in [5.41, 5.74) is 1.26. The van der Waals surface area contributed by atoms with Crippen molar-refractivity contribution in [2.24, 2.45) is 0 Å². The summed E-state index contributed by atoms with van der Waals surface area (Å²) in [5.74, 6) is 0.316. The van der Waals surface area contributed by atoms with Crippen LogP contribution in [0.4, 0.5) is 0 Å². The Kier molecular flexibility index (Phi) is 5.07. The van der Waals surface area contributed by atoms with Gasteiger partial charge in [0.2, 0.25) is 0 Å². The van der Waals surface area contributed by atoms with E-state index in [1.807, 2.05) is 12.1 Å². The van der Waals surface area contributed by atoms with Crippen molar-refractivity contribution in [2.45, 2.75) is 51.1 Å². The van der Waals surface area contributed by atoms with Gasteiger partial charge < -0.3 is 5.11 Å². The summed E-state index contributed by atoms with van der Waals surface area (Å²) in [4.78, 5) is 2.46. The lowest BCUT2D eigenvalue weighted by atomic mass is 10.1. The Balaban J connectivity index is 1.96. The van der Waals surface area contributed by atoms with Gasteiger partial charge in [0.25, 0.3) is 0 Å². The van der Waals surface area contributed by atoms with Crippen LogP contribution >= 0.6 is 15.9 Å². The maximum atomic E-state index is 9.50. The molecule has 0 aromatic heterocycles. The van der Waals surface area contributed by atoms with Crippen LogP contribution < -0.4 is 0 Å². The fourth-order valence-corrected chi connectivity index (χ4v) is 3.19. The molecule has 0 radical (unpaired) electrons. The molecular formula is C15H22BrNO. The van der Waals surface area contributed by atoms with E-state index in [0.717, 1.165) is 17.1 Å². The molecule has 1 saturated carbocycles. The number of phenols is 1. The Morgan fingerprint density at radius 3 is 2.50 bits per heavy atom. The summed E-state index contributed by atoms with van der Waals surface area (Å²) in [6, 6.07) is 6.51. The second kappa shape index (κ2) is 6.58. The number of phenolic OH excluding ortho intramolecular Hbond substituents is 1. The molecule has 1 aliphatic rings. The minimum Gasteiger partial charge on any atom is -0.507 e. The van der Waals surface area contributed by atoms with Gasteiger partial charge in [-0.1, -0.05) is 31.7 Å². The van der Waals surface area contributed by atoms with E-state index in [0.29, 0.717) is 5.75 Å². The van der Waals surface area contributed by atoms with Crippen molar-refractivity contribution in [3.63, 3.8) is 0 Å². The molecule has 0 spiro atoms. The smallest absolute Gasteiger partial charge is 0.129 e. The molecule has 0 bridgehead atoms. The lowest BCUT2D eigenvalue weighted by molar-refractivity contribution is 0.213. The molecule has 2 nitrogen and oxygen atoms in total. The van der Waals surface area contributed by atoms with E-state index in [9.17, 15) is 5.11 Å². The van der Waals surface area contributed by atoms with E-state index < -0.39 is 0 Å². The fraction of sp³-hybridized carbons (Fsp3) is 0.600. The van der Waals surface area contributed by atoms with Crippen LogP contribution in [-0.4, -0.2) is 23.1 Å². The minimum absolute atomic E-state index is 0.316. The van der Waals surface area contributed by atoms with E-state index in [2.05, 4.69) is 27.9 Å². The van der Waals surface area contributed by atoms with Gasteiger partial charge in [0.05, 0.1) is 4.47 Å². The third kappa shape index (κ3) is 3.72. The van der Waals surface area contributed by atoms with Crippen LogP contribution in [0.1, 0.15) is 44.1 Å². The van der Waals surface area contributed by atoms with E-state index >= 15 is 0 Å². The summed E-state index contributed by atoms with van der Waals surface area (Å²) in [5, 5.41) is 9.50. The zero-order valence-electron chi connectivity index (χ0n) is 11.0. The zero-order chi connectivity index (χ0) is 13.0. The lowest BCUT2D eigenvalue weighted by Crippen LogP contribution is -2.30. The van der Waals surface area contributed by atoms with Crippen LogP contribution in [0.25, 0.3) is 0 Å². The summed E-state index contributed by atoms with van der Waals surface area (Å²) in [6.07, 6.45) is 8.19. The predicted molar refractivity (Wildman–Crippen MR) is 78.8 cm³/mol. The Hall–Kier alpha value is -0.540. The SMILES string of the molecule is CN(Cc1ccc(O)c(Br)c1)C1CCCCCC1. The lowest BCUT2D eigenvalue weighted by Gasteiger charge is -2.27. The topological polar surface area (TPSA) is 23.5 Å². The van der Waals surface area contributed by atoms with E-state index in [-0.39, 0.29) is 0 Å². The van der Waals surface area contributed by atoms with Gasteiger partial charge >= 0.3 is 0 Å². The van der Waals surface area contributed by atoms with Gasteiger partial charge in [0, 0.05) is 12.6 Å². The number of hydrogen-bond acceptors (Lipinski definition) is 2. The van der Waals surface area contributed by atoms with Crippen LogP contribution in [0.5, 0.6) is 5.75 Å². The van der Waals surface area contributed by atoms with Crippen molar-refractivity contribution in [1.82, 2.24) is 4.90 Å². The second-order valence-corrected chi connectivity index (χ2v) is 6.20. The minimum atomic E-state index is 0.316. The summed E-state index contributed by atoms with van der Waals surface area (Å²) in [7, 11) is 2.22. The Morgan fingerprint density at radius 2 is 1.89 bits per heavy atom. The van der Waals surface area contributed by atoms with E-state index in [1.165, 1.54) is 44.1 Å². The Bertz CT molecular complexity index is 386. The first-order chi connectivity index (χ1) is 8.66. The number of nitrogens with zero attached hydrogens (tertiary/aromatic N) is 1. The average molecular weight is 312 g/mol. The molecule has 0 heterocycles. The van der Waals surface area contributed by atoms with E-state index in [1.54, 1.807) is 6.07 Å². The quantitative estimate of drug-likeness (QED) is 0.841. The summed E-state index contributed by atoms with van der Waals surface area (Å²) >= 11 is 3.38. The fourth-order valence-electron chi connectivity index (χ4n) is 2.76. The van der Waals surface area contributed by atoms with Gasteiger partial charge in [-0.25, -0.2) is 0 Å².